The molecule has 0 bridgehead atoms. The van der Waals surface area contributed by atoms with Crippen molar-refractivity contribution < 1.29 is 9.18 Å². The number of carbonyl (C=O) groups is 1. The van der Waals surface area contributed by atoms with E-state index in [4.69, 9.17) is 5.73 Å². The molecule has 4 aromatic rings. The van der Waals surface area contributed by atoms with E-state index in [1.165, 1.54) is 69.9 Å². The van der Waals surface area contributed by atoms with Gasteiger partial charge in [0, 0.05) is 18.2 Å². The van der Waals surface area contributed by atoms with E-state index in [9.17, 15) is 9.18 Å². The molecule has 0 spiro atoms. The van der Waals surface area contributed by atoms with Crippen LogP contribution < -0.4 is 11.1 Å². The molecule has 0 aliphatic carbocycles. The Morgan fingerprint density at radius 1 is 0.674 bits per heavy atom. The highest BCUT2D eigenvalue weighted by Crippen LogP contribution is 2.26. The normalized spacial score (nSPS) is 11.8. The first-order valence-corrected chi connectivity index (χ1v) is 16.1. The fraction of sp³-hybridized carbons (Fsp3) is 0.359. The van der Waals surface area contributed by atoms with Crippen LogP contribution in [0.2, 0.25) is 0 Å². The zero-order valence-corrected chi connectivity index (χ0v) is 25.7. The zero-order chi connectivity index (χ0) is 30.3. The Morgan fingerprint density at radius 2 is 1.21 bits per heavy atom. The maximum atomic E-state index is 13.3. The Balaban J connectivity index is 1.20. The van der Waals surface area contributed by atoms with Crippen molar-refractivity contribution in [2.75, 3.05) is 6.54 Å². The van der Waals surface area contributed by atoms with Crippen molar-refractivity contribution in [3.63, 3.8) is 0 Å². The monoisotopic (exact) mass is 578 g/mol. The summed E-state index contributed by atoms with van der Waals surface area (Å²) in [5, 5.41) is 3.07. The molecule has 0 aromatic heterocycles. The van der Waals surface area contributed by atoms with Gasteiger partial charge in [0.2, 0.25) is 0 Å². The third kappa shape index (κ3) is 10.5. The van der Waals surface area contributed by atoms with Crippen molar-refractivity contribution in [2.24, 2.45) is 5.73 Å². The summed E-state index contributed by atoms with van der Waals surface area (Å²) in [5.74, 6) is -0.244. The summed E-state index contributed by atoms with van der Waals surface area (Å²) in [5.41, 5.74) is 13.7. The Morgan fingerprint density at radius 3 is 1.84 bits per heavy atom. The van der Waals surface area contributed by atoms with E-state index in [2.05, 4.69) is 42.6 Å². The molecule has 4 aromatic carbocycles. The van der Waals surface area contributed by atoms with Gasteiger partial charge in [-0.15, -0.1) is 0 Å². The van der Waals surface area contributed by atoms with Crippen LogP contribution in [-0.2, 0) is 6.42 Å². The number of hydrogen-bond acceptors (Lipinski definition) is 2. The predicted octanol–water partition coefficient (Wildman–Crippen LogP) is 10.1. The zero-order valence-electron chi connectivity index (χ0n) is 25.7. The molecule has 3 N–H and O–H groups in total. The molecular weight excluding hydrogens is 531 g/mol. The van der Waals surface area contributed by atoms with Crippen LogP contribution in [0.15, 0.2) is 97.1 Å². The van der Waals surface area contributed by atoms with Crippen LogP contribution >= 0.6 is 0 Å². The summed E-state index contributed by atoms with van der Waals surface area (Å²) in [6.45, 7) is 2.99. The van der Waals surface area contributed by atoms with Gasteiger partial charge in [-0.3, -0.25) is 4.79 Å². The van der Waals surface area contributed by atoms with E-state index >= 15 is 0 Å². The first-order chi connectivity index (χ1) is 21.0. The number of unbranched alkanes of at least 4 members (excludes halogenated alkanes) is 9. The van der Waals surface area contributed by atoms with Crippen molar-refractivity contribution in [2.45, 2.75) is 83.6 Å². The minimum absolute atomic E-state index is 0.00435. The lowest BCUT2D eigenvalue weighted by Crippen LogP contribution is -2.24. The summed E-state index contributed by atoms with van der Waals surface area (Å²) in [4.78, 5) is 12.6. The summed E-state index contributed by atoms with van der Waals surface area (Å²) >= 11 is 0. The molecule has 0 radical (unpaired) electrons. The molecule has 226 valence electrons. The molecule has 1 unspecified atom stereocenters. The maximum Gasteiger partial charge on any atom is 0.251 e. The SMILES string of the molecule is CCCCCCCCCCCCNC(=O)c1ccc(-c2ccc(CC(N)c3cccc(-c4ccc(F)cc4)c3)cc2)cc1. The van der Waals surface area contributed by atoms with Crippen molar-refractivity contribution in [3.8, 4) is 22.3 Å². The first kappa shape index (κ1) is 32.2. The van der Waals surface area contributed by atoms with E-state index in [1.807, 2.05) is 42.5 Å². The molecule has 0 saturated carbocycles. The van der Waals surface area contributed by atoms with Crippen LogP contribution in [0.3, 0.4) is 0 Å². The van der Waals surface area contributed by atoms with Crippen LogP contribution in [-0.4, -0.2) is 12.5 Å². The van der Waals surface area contributed by atoms with Crippen molar-refractivity contribution in [3.05, 3.63) is 120 Å². The Kier molecular flexibility index (Phi) is 13.0. The standard InChI is InChI=1S/C39H47FN2O/c1-2-3-4-5-6-7-8-9-10-11-27-42-39(43)34-21-19-32(20-22-34)31-17-15-30(16-18-31)28-38(41)36-14-12-13-35(29-36)33-23-25-37(40)26-24-33/h12-26,29,38H,2-11,27-28,41H2,1H3,(H,42,43). The van der Waals surface area contributed by atoms with Gasteiger partial charge in [-0.05, 0) is 76.6 Å². The average molecular weight is 579 g/mol. The van der Waals surface area contributed by atoms with Crippen LogP contribution in [0.4, 0.5) is 4.39 Å². The van der Waals surface area contributed by atoms with Gasteiger partial charge in [-0.2, -0.15) is 0 Å². The van der Waals surface area contributed by atoms with Gasteiger partial charge < -0.3 is 11.1 Å². The molecule has 0 aliphatic rings. The Bertz CT molecular complexity index is 1380. The fourth-order valence-corrected chi connectivity index (χ4v) is 5.53. The van der Waals surface area contributed by atoms with E-state index < -0.39 is 0 Å². The molecule has 43 heavy (non-hydrogen) atoms. The van der Waals surface area contributed by atoms with Gasteiger partial charge in [0.1, 0.15) is 5.82 Å². The lowest BCUT2D eigenvalue weighted by molar-refractivity contribution is 0.0953. The summed E-state index contributed by atoms with van der Waals surface area (Å²) in [7, 11) is 0. The van der Waals surface area contributed by atoms with E-state index in [0.717, 1.165) is 46.3 Å². The first-order valence-electron chi connectivity index (χ1n) is 16.1. The summed E-state index contributed by atoms with van der Waals surface area (Å²) < 4.78 is 13.3. The number of carbonyl (C=O) groups excluding carboxylic acids is 1. The Labute approximate surface area is 257 Å². The molecule has 1 atom stereocenters. The number of halogens is 1. The second-order valence-corrected chi connectivity index (χ2v) is 11.7. The average Bonchev–Trinajstić information content (AvgIpc) is 3.04. The molecule has 4 rings (SSSR count). The quantitative estimate of drug-likeness (QED) is 0.123. The number of nitrogens with two attached hydrogens (primary N) is 1. The minimum atomic E-state index is -0.240. The van der Waals surface area contributed by atoms with Crippen molar-refractivity contribution >= 4 is 5.91 Å². The number of benzene rings is 4. The summed E-state index contributed by atoms with van der Waals surface area (Å²) in [6, 6.07) is 30.8. The molecule has 0 aliphatic heterocycles. The Hall–Kier alpha value is -3.76. The number of rotatable bonds is 17. The number of nitrogens with one attached hydrogen (secondary N) is 1. The molecule has 4 heteroatoms. The third-order valence-electron chi connectivity index (χ3n) is 8.20. The second kappa shape index (κ2) is 17.4. The van der Waals surface area contributed by atoms with Gasteiger partial charge in [0.15, 0.2) is 0 Å². The van der Waals surface area contributed by atoms with E-state index in [1.54, 1.807) is 12.1 Å². The van der Waals surface area contributed by atoms with Gasteiger partial charge in [0.05, 0.1) is 0 Å². The van der Waals surface area contributed by atoms with Crippen LogP contribution in [0.1, 0.15) is 98.7 Å². The highest BCUT2D eigenvalue weighted by Gasteiger charge is 2.10. The summed E-state index contributed by atoms with van der Waals surface area (Å²) in [6.07, 6.45) is 13.6. The molecule has 0 heterocycles. The molecule has 0 saturated heterocycles. The van der Waals surface area contributed by atoms with Gasteiger partial charge >= 0.3 is 0 Å². The predicted molar refractivity (Wildman–Crippen MR) is 179 cm³/mol. The highest BCUT2D eigenvalue weighted by molar-refractivity contribution is 5.94. The van der Waals surface area contributed by atoms with Gasteiger partial charge in [-0.25, -0.2) is 4.39 Å². The van der Waals surface area contributed by atoms with Crippen LogP contribution in [0.25, 0.3) is 22.3 Å². The largest absolute Gasteiger partial charge is 0.352 e. The third-order valence-corrected chi connectivity index (χ3v) is 8.20. The molecule has 3 nitrogen and oxygen atoms in total. The van der Waals surface area contributed by atoms with E-state index in [-0.39, 0.29) is 17.8 Å². The lowest BCUT2D eigenvalue weighted by atomic mass is 9.95. The smallest absolute Gasteiger partial charge is 0.251 e. The topological polar surface area (TPSA) is 55.1 Å². The van der Waals surface area contributed by atoms with Gasteiger partial charge in [-0.1, -0.05) is 131 Å². The molecular formula is C39H47FN2O. The molecule has 0 fully saturated rings. The second-order valence-electron chi connectivity index (χ2n) is 11.7. The molecule has 1 amide bonds. The van der Waals surface area contributed by atoms with Crippen LogP contribution in [0.5, 0.6) is 0 Å². The minimum Gasteiger partial charge on any atom is -0.352 e. The van der Waals surface area contributed by atoms with Crippen molar-refractivity contribution in [1.29, 1.82) is 0 Å². The lowest BCUT2D eigenvalue weighted by Gasteiger charge is -2.14. The number of hydrogen-bond donors (Lipinski definition) is 2. The number of amides is 1. The van der Waals surface area contributed by atoms with Crippen LogP contribution in [0, 0.1) is 5.82 Å². The highest BCUT2D eigenvalue weighted by atomic mass is 19.1. The van der Waals surface area contributed by atoms with Crippen molar-refractivity contribution in [1.82, 2.24) is 5.32 Å². The van der Waals surface area contributed by atoms with Gasteiger partial charge in [0.25, 0.3) is 5.91 Å². The fourth-order valence-electron chi connectivity index (χ4n) is 5.53. The maximum absolute atomic E-state index is 13.3. The van der Waals surface area contributed by atoms with E-state index in [0.29, 0.717) is 12.0 Å².